The number of likely N-dealkylation sites (tertiary alicyclic amines) is 1. The molecule has 1 atom stereocenters. The summed E-state index contributed by atoms with van der Waals surface area (Å²) >= 11 is 1.38. The molecule has 0 saturated carbocycles. The molecule has 2 aromatic rings. The highest BCUT2D eigenvalue weighted by atomic mass is 35.5. The molecular formula is C16H23ClN4O3S. The average molecular weight is 387 g/mol. The molecule has 138 valence electrons. The molecule has 7 nitrogen and oxygen atoms in total. The van der Waals surface area contributed by atoms with Gasteiger partial charge in [0, 0.05) is 26.2 Å². The van der Waals surface area contributed by atoms with E-state index in [-0.39, 0.29) is 24.4 Å². The summed E-state index contributed by atoms with van der Waals surface area (Å²) in [6.07, 6.45) is 1.91. The standard InChI is InChI=1S/C16H22N4O3S.ClH/c1-9-12-14(23-3)18-11(8-22-2)19-15(12)24-13(9)16(21)20-6-4-5-10(17)7-20;/h10H,4-8,17H2,1-3H3;1H. The Bertz CT molecular complexity index is 767. The van der Waals surface area contributed by atoms with Gasteiger partial charge in [0.25, 0.3) is 5.91 Å². The second-order valence-corrected chi connectivity index (χ2v) is 6.97. The minimum absolute atomic E-state index is 0. The lowest BCUT2D eigenvalue weighted by molar-refractivity contribution is 0.0713. The van der Waals surface area contributed by atoms with Gasteiger partial charge in [-0.2, -0.15) is 4.98 Å². The van der Waals surface area contributed by atoms with Gasteiger partial charge in [-0.3, -0.25) is 4.79 Å². The van der Waals surface area contributed by atoms with E-state index in [4.69, 9.17) is 15.2 Å². The molecule has 1 fully saturated rings. The molecule has 1 amide bonds. The topological polar surface area (TPSA) is 90.6 Å². The van der Waals surface area contributed by atoms with Crippen LogP contribution in [0.3, 0.4) is 0 Å². The molecule has 9 heteroatoms. The lowest BCUT2D eigenvalue weighted by atomic mass is 10.1. The first-order valence-electron chi connectivity index (χ1n) is 7.93. The Morgan fingerprint density at radius 1 is 1.40 bits per heavy atom. The van der Waals surface area contributed by atoms with Crippen LogP contribution in [-0.4, -0.2) is 54.1 Å². The molecule has 2 N–H and O–H groups in total. The van der Waals surface area contributed by atoms with Crippen molar-refractivity contribution in [1.29, 1.82) is 0 Å². The molecule has 1 aliphatic heterocycles. The van der Waals surface area contributed by atoms with Crippen LogP contribution in [0.25, 0.3) is 10.2 Å². The molecule has 3 rings (SSSR count). The Balaban J connectivity index is 0.00000225. The van der Waals surface area contributed by atoms with Crippen LogP contribution in [0.5, 0.6) is 5.88 Å². The number of aromatic nitrogens is 2. The number of fused-ring (bicyclic) bond motifs is 1. The largest absolute Gasteiger partial charge is 0.480 e. The van der Waals surface area contributed by atoms with Gasteiger partial charge in [-0.15, -0.1) is 23.7 Å². The second-order valence-electron chi connectivity index (χ2n) is 5.97. The number of aryl methyl sites for hydroxylation is 1. The van der Waals surface area contributed by atoms with Crippen LogP contribution in [0.1, 0.15) is 33.9 Å². The Morgan fingerprint density at radius 3 is 2.80 bits per heavy atom. The van der Waals surface area contributed by atoms with Gasteiger partial charge in [0.2, 0.25) is 5.88 Å². The number of carbonyl (C=O) groups is 1. The van der Waals surface area contributed by atoms with Gasteiger partial charge in [0.15, 0.2) is 5.82 Å². The van der Waals surface area contributed by atoms with Crippen LogP contribution in [0.4, 0.5) is 0 Å². The summed E-state index contributed by atoms with van der Waals surface area (Å²) < 4.78 is 10.5. The van der Waals surface area contributed by atoms with Gasteiger partial charge >= 0.3 is 0 Å². The Labute approximate surface area is 156 Å². The number of halogens is 1. The number of hydrogen-bond acceptors (Lipinski definition) is 7. The summed E-state index contributed by atoms with van der Waals surface area (Å²) in [5.41, 5.74) is 6.87. The first-order valence-corrected chi connectivity index (χ1v) is 8.74. The molecule has 2 aromatic heterocycles. The number of piperidine rings is 1. The van der Waals surface area contributed by atoms with E-state index in [0.29, 0.717) is 29.7 Å². The summed E-state index contributed by atoms with van der Waals surface area (Å²) in [4.78, 5) is 25.1. The minimum atomic E-state index is 0. The first-order chi connectivity index (χ1) is 11.5. The minimum Gasteiger partial charge on any atom is -0.480 e. The van der Waals surface area contributed by atoms with Crippen molar-refractivity contribution in [2.24, 2.45) is 5.73 Å². The number of hydrogen-bond donors (Lipinski definition) is 1. The fourth-order valence-corrected chi connectivity index (χ4v) is 4.19. The van der Waals surface area contributed by atoms with Gasteiger partial charge in [0.1, 0.15) is 11.4 Å². The van der Waals surface area contributed by atoms with Crippen molar-refractivity contribution >= 4 is 39.9 Å². The predicted molar refractivity (Wildman–Crippen MR) is 99.8 cm³/mol. The van der Waals surface area contributed by atoms with Crippen LogP contribution >= 0.6 is 23.7 Å². The van der Waals surface area contributed by atoms with Crippen molar-refractivity contribution in [2.45, 2.75) is 32.4 Å². The molecule has 0 spiro atoms. The fraction of sp³-hybridized carbons (Fsp3) is 0.562. The second kappa shape index (κ2) is 8.27. The molecule has 0 radical (unpaired) electrons. The zero-order valence-electron chi connectivity index (χ0n) is 14.6. The summed E-state index contributed by atoms with van der Waals surface area (Å²) in [5, 5.41) is 0.798. The summed E-state index contributed by atoms with van der Waals surface area (Å²) in [5.74, 6) is 1.04. The Kier molecular flexibility index (Phi) is 6.56. The molecular weight excluding hydrogens is 364 g/mol. The maximum absolute atomic E-state index is 12.9. The van der Waals surface area contributed by atoms with E-state index in [0.717, 1.165) is 35.2 Å². The third-order valence-electron chi connectivity index (χ3n) is 4.21. The quantitative estimate of drug-likeness (QED) is 0.865. The predicted octanol–water partition coefficient (Wildman–Crippen LogP) is 2.14. The smallest absolute Gasteiger partial charge is 0.264 e. The molecule has 3 heterocycles. The van der Waals surface area contributed by atoms with Crippen LogP contribution in [0, 0.1) is 6.92 Å². The van der Waals surface area contributed by atoms with Crippen molar-refractivity contribution in [2.75, 3.05) is 27.3 Å². The molecule has 1 unspecified atom stereocenters. The third kappa shape index (κ3) is 3.87. The number of methoxy groups -OCH3 is 2. The Hall–Kier alpha value is -1.48. The van der Waals surface area contributed by atoms with Gasteiger partial charge < -0.3 is 20.1 Å². The zero-order chi connectivity index (χ0) is 17.3. The van der Waals surface area contributed by atoms with Crippen LogP contribution in [0.2, 0.25) is 0 Å². The number of amides is 1. The van der Waals surface area contributed by atoms with Crippen molar-refractivity contribution < 1.29 is 14.3 Å². The normalized spacial score (nSPS) is 17.4. The lowest BCUT2D eigenvalue weighted by Crippen LogP contribution is -2.45. The number of ether oxygens (including phenoxy) is 2. The monoisotopic (exact) mass is 386 g/mol. The summed E-state index contributed by atoms with van der Waals surface area (Å²) in [7, 11) is 3.16. The zero-order valence-corrected chi connectivity index (χ0v) is 16.2. The van der Waals surface area contributed by atoms with E-state index in [1.54, 1.807) is 14.2 Å². The van der Waals surface area contributed by atoms with Crippen LogP contribution < -0.4 is 10.5 Å². The van der Waals surface area contributed by atoms with Crippen molar-refractivity contribution in [3.05, 3.63) is 16.3 Å². The summed E-state index contributed by atoms with van der Waals surface area (Å²) in [6.45, 7) is 3.56. The fourth-order valence-electron chi connectivity index (χ4n) is 3.03. The number of nitrogens with zero attached hydrogens (tertiary/aromatic N) is 3. The maximum atomic E-state index is 12.9. The summed E-state index contributed by atoms with van der Waals surface area (Å²) in [6, 6.07) is 0.0556. The van der Waals surface area contributed by atoms with Gasteiger partial charge in [-0.25, -0.2) is 4.98 Å². The van der Waals surface area contributed by atoms with Gasteiger partial charge in [0.05, 0.1) is 17.4 Å². The van der Waals surface area contributed by atoms with Crippen molar-refractivity contribution in [1.82, 2.24) is 14.9 Å². The van der Waals surface area contributed by atoms with E-state index >= 15 is 0 Å². The van der Waals surface area contributed by atoms with E-state index in [1.807, 2.05) is 11.8 Å². The third-order valence-corrected chi connectivity index (χ3v) is 5.38. The molecule has 0 bridgehead atoms. The Morgan fingerprint density at radius 2 is 2.16 bits per heavy atom. The highest BCUT2D eigenvalue weighted by Crippen LogP contribution is 2.36. The van der Waals surface area contributed by atoms with E-state index in [1.165, 1.54) is 11.3 Å². The number of rotatable bonds is 4. The lowest BCUT2D eigenvalue weighted by Gasteiger charge is -2.30. The number of carbonyl (C=O) groups excluding carboxylic acids is 1. The molecule has 0 aromatic carbocycles. The number of nitrogens with two attached hydrogens (primary N) is 1. The van der Waals surface area contributed by atoms with E-state index < -0.39 is 0 Å². The van der Waals surface area contributed by atoms with Gasteiger partial charge in [-0.05, 0) is 25.3 Å². The molecule has 25 heavy (non-hydrogen) atoms. The SMILES string of the molecule is COCc1nc(OC)c2c(C)c(C(=O)N3CCCC(N)C3)sc2n1.Cl. The molecule has 0 aliphatic carbocycles. The van der Waals surface area contributed by atoms with Crippen LogP contribution in [-0.2, 0) is 11.3 Å². The molecule has 1 saturated heterocycles. The van der Waals surface area contributed by atoms with Crippen LogP contribution in [0.15, 0.2) is 0 Å². The van der Waals surface area contributed by atoms with Gasteiger partial charge in [-0.1, -0.05) is 0 Å². The average Bonchev–Trinajstić information content (AvgIpc) is 2.90. The molecule has 1 aliphatic rings. The first kappa shape index (κ1) is 19.8. The highest BCUT2D eigenvalue weighted by Gasteiger charge is 2.27. The van der Waals surface area contributed by atoms with Crippen molar-refractivity contribution in [3.8, 4) is 5.88 Å². The van der Waals surface area contributed by atoms with Crippen molar-refractivity contribution in [3.63, 3.8) is 0 Å². The van der Waals surface area contributed by atoms with E-state index in [2.05, 4.69) is 9.97 Å². The van der Waals surface area contributed by atoms with E-state index in [9.17, 15) is 4.79 Å². The maximum Gasteiger partial charge on any atom is 0.264 e. The number of thiophene rings is 1. The highest BCUT2D eigenvalue weighted by molar-refractivity contribution is 7.20.